The van der Waals surface area contributed by atoms with Crippen molar-refractivity contribution >= 4 is 28.5 Å². The van der Waals surface area contributed by atoms with Crippen molar-refractivity contribution in [2.45, 2.75) is 38.4 Å². The van der Waals surface area contributed by atoms with E-state index in [1.165, 1.54) is 0 Å². The van der Waals surface area contributed by atoms with E-state index in [2.05, 4.69) is 32.8 Å². The fourth-order valence-electron chi connectivity index (χ4n) is 4.89. The van der Waals surface area contributed by atoms with Gasteiger partial charge < -0.3 is 15.0 Å². The monoisotopic (exact) mass is 510 g/mol. The van der Waals surface area contributed by atoms with Crippen molar-refractivity contribution in [2.75, 3.05) is 12.4 Å². The average molecular weight is 511 g/mol. The number of benzene rings is 2. The number of allylic oxidation sites excluding steroid dienone is 2. The molecule has 2 aromatic carbocycles. The summed E-state index contributed by atoms with van der Waals surface area (Å²) in [5.74, 6) is 0.224. The SMILES string of the molecule is COc1ccc(NC(=O)[C@@H](C2CC=CCC2)N(Cc2cccnc2)C(=O)Cn2nnc3ccccc32)cc1. The third-order valence-electron chi connectivity index (χ3n) is 6.82. The highest BCUT2D eigenvalue weighted by Crippen LogP contribution is 2.28. The third-order valence-corrected chi connectivity index (χ3v) is 6.82. The Bertz CT molecular complexity index is 1420. The lowest BCUT2D eigenvalue weighted by atomic mass is 9.85. The highest BCUT2D eigenvalue weighted by Gasteiger charge is 2.37. The molecule has 0 aliphatic heterocycles. The van der Waals surface area contributed by atoms with Crippen molar-refractivity contribution < 1.29 is 14.3 Å². The fourth-order valence-corrected chi connectivity index (χ4v) is 4.89. The molecule has 0 saturated heterocycles. The zero-order valence-corrected chi connectivity index (χ0v) is 21.2. The number of carbonyl (C=O) groups excluding carboxylic acids is 2. The van der Waals surface area contributed by atoms with E-state index in [1.54, 1.807) is 53.4 Å². The lowest BCUT2D eigenvalue weighted by molar-refractivity contribution is -0.142. The number of rotatable bonds is 9. The number of fused-ring (bicyclic) bond motifs is 1. The number of aromatic nitrogens is 4. The number of nitrogens with zero attached hydrogens (tertiary/aromatic N) is 5. The molecule has 1 aliphatic rings. The Kier molecular flexibility index (Phi) is 7.73. The Morgan fingerprint density at radius 2 is 1.95 bits per heavy atom. The smallest absolute Gasteiger partial charge is 0.247 e. The molecule has 0 spiro atoms. The van der Waals surface area contributed by atoms with Crippen LogP contribution in [0.5, 0.6) is 5.75 Å². The molecule has 2 aromatic heterocycles. The largest absolute Gasteiger partial charge is 0.497 e. The highest BCUT2D eigenvalue weighted by molar-refractivity contribution is 5.97. The molecule has 0 bridgehead atoms. The molecule has 4 aromatic rings. The predicted octanol–water partition coefficient (Wildman–Crippen LogP) is 4.23. The Balaban J connectivity index is 1.48. The quantitative estimate of drug-likeness (QED) is 0.338. The van der Waals surface area contributed by atoms with Crippen LogP contribution in [0.2, 0.25) is 0 Å². The first-order valence-electron chi connectivity index (χ1n) is 12.7. The van der Waals surface area contributed by atoms with Crippen molar-refractivity contribution in [1.82, 2.24) is 24.9 Å². The molecule has 38 heavy (non-hydrogen) atoms. The first-order valence-corrected chi connectivity index (χ1v) is 12.7. The second-order valence-corrected chi connectivity index (χ2v) is 9.33. The van der Waals surface area contributed by atoms with Gasteiger partial charge in [-0.25, -0.2) is 4.68 Å². The first-order chi connectivity index (χ1) is 18.6. The van der Waals surface area contributed by atoms with E-state index in [1.807, 2.05) is 36.4 Å². The van der Waals surface area contributed by atoms with Crippen LogP contribution in [0.3, 0.4) is 0 Å². The highest BCUT2D eigenvalue weighted by atomic mass is 16.5. The molecular weight excluding hydrogens is 480 g/mol. The summed E-state index contributed by atoms with van der Waals surface area (Å²) in [5.41, 5.74) is 2.97. The van der Waals surface area contributed by atoms with Crippen molar-refractivity contribution in [3.8, 4) is 5.75 Å². The lowest BCUT2D eigenvalue weighted by Crippen LogP contribution is -2.52. The van der Waals surface area contributed by atoms with Crippen LogP contribution < -0.4 is 10.1 Å². The minimum absolute atomic E-state index is 0.0321. The Labute approximate surface area is 221 Å². The first kappa shape index (κ1) is 25.1. The van der Waals surface area contributed by atoms with Crippen molar-refractivity contribution in [3.63, 3.8) is 0 Å². The van der Waals surface area contributed by atoms with Crippen LogP contribution in [0.25, 0.3) is 11.0 Å². The van der Waals surface area contributed by atoms with Crippen molar-refractivity contribution in [1.29, 1.82) is 0 Å². The molecular formula is C29H30N6O3. The van der Waals surface area contributed by atoms with Gasteiger partial charge in [-0.3, -0.25) is 14.6 Å². The van der Waals surface area contributed by atoms with Crippen LogP contribution >= 0.6 is 0 Å². The van der Waals surface area contributed by atoms with Gasteiger partial charge in [-0.2, -0.15) is 0 Å². The molecule has 1 aliphatic carbocycles. The minimum Gasteiger partial charge on any atom is -0.497 e. The number of ether oxygens (including phenoxy) is 1. The summed E-state index contributed by atoms with van der Waals surface area (Å²) in [6, 6.07) is 17.7. The van der Waals surface area contributed by atoms with E-state index in [0.29, 0.717) is 23.4 Å². The Hall–Kier alpha value is -4.53. The molecule has 9 heteroatoms. The molecule has 2 heterocycles. The van der Waals surface area contributed by atoms with Gasteiger partial charge >= 0.3 is 0 Å². The maximum atomic E-state index is 14.0. The number of hydrogen-bond acceptors (Lipinski definition) is 6. The van der Waals surface area contributed by atoms with Gasteiger partial charge in [0.25, 0.3) is 0 Å². The maximum absolute atomic E-state index is 14.0. The van der Waals surface area contributed by atoms with E-state index >= 15 is 0 Å². The molecule has 0 radical (unpaired) electrons. The minimum atomic E-state index is -0.690. The number of para-hydroxylation sites is 1. The van der Waals surface area contributed by atoms with Crippen LogP contribution in [0.15, 0.2) is 85.2 Å². The number of hydrogen-bond donors (Lipinski definition) is 1. The summed E-state index contributed by atoms with van der Waals surface area (Å²) < 4.78 is 6.83. The van der Waals surface area contributed by atoms with Crippen LogP contribution in [-0.2, 0) is 22.7 Å². The van der Waals surface area contributed by atoms with Gasteiger partial charge in [0, 0.05) is 24.6 Å². The molecule has 0 saturated carbocycles. The van der Waals surface area contributed by atoms with Crippen LogP contribution in [-0.4, -0.2) is 49.8 Å². The van der Waals surface area contributed by atoms with Gasteiger partial charge in [-0.15, -0.1) is 5.10 Å². The van der Waals surface area contributed by atoms with Crippen molar-refractivity contribution in [2.24, 2.45) is 5.92 Å². The van der Waals surface area contributed by atoms with Gasteiger partial charge in [0.2, 0.25) is 11.8 Å². The number of pyridine rings is 1. The van der Waals surface area contributed by atoms with Crippen molar-refractivity contribution in [3.05, 3.63) is 90.8 Å². The van der Waals surface area contributed by atoms with Gasteiger partial charge in [0.15, 0.2) is 0 Å². The Morgan fingerprint density at radius 1 is 1.11 bits per heavy atom. The number of anilines is 1. The molecule has 194 valence electrons. The molecule has 5 rings (SSSR count). The molecule has 1 unspecified atom stereocenters. The standard InChI is InChI=1S/C29H30N6O3/c1-38-24-15-13-23(14-16-24)31-29(37)28(22-9-3-2-4-10-22)34(19-21-8-7-17-30-18-21)27(36)20-35-26-12-6-5-11-25(26)32-33-35/h2-3,5-8,11-18,22,28H,4,9-10,19-20H2,1H3,(H,31,37)/t22?,28-/m1/s1. The summed E-state index contributed by atoms with van der Waals surface area (Å²) >= 11 is 0. The van der Waals surface area contributed by atoms with Gasteiger partial charge in [0.05, 0.1) is 12.6 Å². The van der Waals surface area contributed by atoms with Crippen LogP contribution in [0.4, 0.5) is 5.69 Å². The van der Waals surface area contributed by atoms with E-state index in [9.17, 15) is 9.59 Å². The second-order valence-electron chi connectivity index (χ2n) is 9.33. The topological polar surface area (TPSA) is 102 Å². The Morgan fingerprint density at radius 3 is 2.68 bits per heavy atom. The van der Waals surface area contributed by atoms with Gasteiger partial charge in [0.1, 0.15) is 23.9 Å². The number of amides is 2. The molecule has 2 atom stereocenters. The van der Waals surface area contributed by atoms with Gasteiger partial charge in [-0.05, 0) is 73.2 Å². The summed E-state index contributed by atoms with van der Waals surface area (Å²) in [6.45, 7) is 0.218. The zero-order valence-electron chi connectivity index (χ0n) is 21.2. The van der Waals surface area contributed by atoms with Crippen LogP contribution in [0, 0.1) is 5.92 Å². The second kappa shape index (κ2) is 11.7. The third kappa shape index (κ3) is 5.72. The number of carbonyl (C=O) groups is 2. The average Bonchev–Trinajstić information content (AvgIpc) is 3.37. The fraction of sp³-hybridized carbons (Fsp3) is 0.276. The summed E-state index contributed by atoms with van der Waals surface area (Å²) in [7, 11) is 1.60. The maximum Gasteiger partial charge on any atom is 0.247 e. The van der Waals surface area contributed by atoms with E-state index < -0.39 is 6.04 Å². The normalized spacial score (nSPS) is 15.7. The molecule has 0 fully saturated rings. The van der Waals surface area contributed by atoms with E-state index in [-0.39, 0.29) is 30.8 Å². The zero-order chi connectivity index (χ0) is 26.3. The molecule has 9 nitrogen and oxygen atoms in total. The number of methoxy groups -OCH3 is 1. The molecule has 1 N–H and O–H groups in total. The van der Waals surface area contributed by atoms with Gasteiger partial charge in [-0.1, -0.05) is 35.6 Å². The predicted molar refractivity (Wildman–Crippen MR) is 144 cm³/mol. The van der Waals surface area contributed by atoms with Crippen LogP contribution in [0.1, 0.15) is 24.8 Å². The summed E-state index contributed by atoms with van der Waals surface area (Å²) in [6.07, 6.45) is 10.0. The number of nitrogens with one attached hydrogen (secondary N) is 1. The van der Waals surface area contributed by atoms with E-state index in [4.69, 9.17) is 4.74 Å². The summed E-state index contributed by atoms with van der Waals surface area (Å²) in [4.78, 5) is 33.8. The van der Waals surface area contributed by atoms with E-state index in [0.717, 1.165) is 23.9 Å². The lowest BCUT2D eigenvalue weighted by Gasteiger charge is -2.37. The summed E-state index contributed by atoms with van der Waals surface area (Å²) in [5, 5.41) is 11.4. The molecule has 2 amide bonds.